The van der Waals surface area contributed by atoms with Crippen LogP contribution < -0.4 is 5.32 Å². The zero-order valence-corrected chi connectivity index (χ0v) is 14.5. The standard InChI is InChI=1S/C17H28N4O2/c1-13(21-9-10-23-12-14(21)2)11-19-17(22)20(4)15(3)16-7-5-6-8-18-16/h5-8,13-15H,9-12H2,1-4H3,(H,19,22)/t13-,14-,15+/m0/s1. The molecule has 0 aliphatic carbocycles. The number of ether oxygens (including phenoxy) is 1. The molecule has 2 rings (SSSR count). The zero-order valence-electron chi connectivity index (χ0n) is 14.5. The van der Waals surface area contributed by atoms with Crippen LogP contribution in [-0.4, -0.2) is 66.2 Å². The first-order valence-electron chi connectivity index (χ1n) is 8.25. The predicted molar refractivity (Wildman–Crippen MR) is 90.3 cm³/mol. The van der Waals surface area contributed by atoms with Gasteiger partial charge in [-0.1, -0.05) is 6.07 Å². The van der Waals surface area contributed by atoms with Crippen LogP contribution in [0.5, 0.6) is 0 Å². The van der Waals surface area contributed by atoms with E-state index in [1.807, 2.05) is 25.1 Å². The molecule has 0 bridgehead atoms. The van der Waals surface area contributed by atoms with Crippen molar-refractivity contribution in [1.82, 2.24) is 20.1 Å². The van der Waals surface area contributed by atoms with Gasteiger partial charge in [-0.05, 0) is 32.9 Å². The van der Waals surface area contributed by atoms with Gasteiger partial charge in [0.2, 0.25) is 0 Å². The fourth-order valence-electron chi connectivity index (χ4n) is 2.87. The van der Waals surface area contributed by atoms with E-state index in [4.69, 9.17) is 4.74 Å². The van der Waals surface area contributed by atoms with Crippen LogP contribution in [0.15, 0.2) is 24.4 Å². The maximum Gasteiger partial charge on any atom is 0.317 e. The Morgan fingerprint density at radius 2 is 2.30 bits per heavy atom. The molecule has 0 spiro atoms. The lowest BCUT2D eigenvalue weighted by atomic mass is 10.2. The van der Waals surface area contributed by atoms with Gasteiger partial charge < -0.3 is 15.0 Å². The first kappa shape index (κ1) is 17.7. The third-order valence-electron chi connectivity index (χ3n) is 4.55. The van der Waals surface area contributed by atoms with Gasteiger partial charge in [-0.25, -0.2) is 4.79 Å². The summed E-state index contributed by atoms with van der Waals surface area (Å²) >= 11 is 0. The van der Waals surface area contributed by atoms with Gasteiger partial charge in [-0.2, -0.15) is 0 Å². The maximum atomic E-state index is 12.4. The van der Waals surface area contributed by atoms with E-state index in [0.29, 0.717) is 12.6 Å². The van der Waals surface area contributed by atoms with Crippen molar-refractivity contribution < 1.29 is 9.53 Å². The Labute approximate surface area is 138 Å². The highest BCUT2D eigenvalue weighted by Gasteiger charge is 2.25. The van der Waals surface area contributed by atoms with Crippen LogP contribution in [0.2, 0.25) is 0 Å². The lowest BCUT2D eigenvalue weighted by Crippen LogP contribution is -2.53. The molecule has 0 aromatic carbocycles. The largest absolute Gasteiger partial charge is 0.379 e. The van der Waals surface area contributed by atoms with Crippen molar-refractivity contribution in [3.8, 4) is 0 Å². The summed E-state index contributed by atoms with van der Waals surface area (Å²) in [7, 11) is 1.80. The minimum Gasteiger partial charge on any atom is -0.379 e. The van der Waals surface area contributed by atoms with Crippen molar-refractivity contribution in [1.29, 1.82) is 0 Å². The van der Waals surface area contributed by atoms with Crippen LogP contribution in [0.25, 0.3) is 0 Å². The molecular formula is C17H28N4O2. The molecule has 3 atom stereocenters. The number of morpholine rings is 1. The van der Waals surface area contributed by atoms with Crippen LogP contribution in [-0.2, 0) is 4.74 Å². The van der Waals surface area contributed by atoms with E-state index >= 15 is 0 Å². The molecule has 1 aliphatic heterocycles. The van der Waals surface area contributed by atoms with E-state index in [0.717, 1.165) is 25.5 Å². The fraction of sp³-hybridized carbons (Fsp3) is 0.647. The molecule has 0 radical (unpaired) electrons. The third kappa shape index (κ3) is 4.65. The summed E-state index contributed by atoms with van der Waals surface area (Å²) < 4.78 is 5.46. The molecule has 6 nitrogen and oxygen atoms in total. The second kappa shape index (κ2) is 8.26. The Hall–Kier alpha value is -1.66. The predicted octanol–water partition coefficient (Wildman–Crippen LogP) is 1.89. The number of amides is 2. The number of carbonyl (C=O) groups is 1. The Balaban J connectivity index is 1.84. The number of aromatic nitrogens is 1. The SMILES string of the molecule is C[C@H](c1ccccn1)N(C)C(=O)NC[C@H](C)N1CCOC[C@@H]1C. The molecule has 128 valence electrons. The number of hydrogen-bond acceptors (Lipinski definition) is 4. The summed E-state index contributed by atoms with van der Waals surface area (Å²) in [5, 5.41) is 3.03. The molecule has 0 unspecified atom stereocenters. The average molecular weight is 320 g/mol. The number of nitrogens with one attached hydrogen (secondary N) is 1. The molecule has 1 N–H and O–H groups in total. The zero-order chi connectivity index (χ0) is 16.8. The minimum atomic E-state index is -0.0732. The van der Waals surface area contributed by atoms with Gasteiger partial charge in [0.25, 0.3) is 0 Å². The summed E-state index contributed by atoms with van der Waals surface area (Å²) in [5.41, 5.74) is 0.889. The normalized spacial score (nSPS) is 21.5. The monoisotopic (exact) mass is 320 g/mol. The molecule has 1 fully saturated rings. The first-order chi connectivity index (χ1) is 11.0. The van der Waals surface area contributed by atoms with Crippen molar-refractivity contribution in [2.45, 2.75) is 38.9 Å². The molecule has 1 aromatic heterocycles. The summed E-state index contributed by atoms with van der Waals surface area (Å²) in [5.74, 6) is 0. The Bertz CT molecular complexity index is 497. The minimum absolute atomic E-state index is 0.0613. The lowest BCUT2D eigenvalue weighted by molar-refractivity contribution is -0.0178. The topological polar surface area (TPSA) is 57.7 Å². The molecule has 2 amide bonds. The van der Waals surface area contributed by atoms with Gasteiger partial charge in [0.05, 0.1) is 24.9 Å². The summed E-state index contributed by atoms with van der Waals surface area (Å²) in [4.78, 5) is 20.8. The quantitative estimate of drug-likeness (QED) is 0.900. The number of rotatable bonds is 5. The van der Waals surface area contributed by atoms with Crippen LogP contribution in [0.1, 0.15) is 32.5 Å². The van der Waals surface area contributed by atoms with E-state index in [1.165, 1.54) is 0 Å². The van der Waals surface area contributed by atoms with Gasteiger partial charge >= 0.3 is 6.03 Å². The fourth-order valence-corrected chi connectivity index (χ4v) is 2.87. The maximum absolute atomic E-state index is 12.4. The van der Waals surface area contributed by atoms with Crippen molar-refractivity contribution in [3.63, 3.8) is 0 Å². The average Bonchev–Trinajstić information content (AvgIpc) is 2.59. The van der Waals surface area contributed by atoms with Gasteiger partial charge in [0, 0.05) is 38.4 Å². The number of hydrogen-bond donors (Lipinski definition) is 1. The molecule has 1 aliphatic rings. The number of nitrogens with zero attached hydrogens (tertiary/aromatic N) is 3. The van der Waals surface area contributed by atoms with Crippen LogP contribution in [0.3, 0.4) is 0 Å². The molecule has 1 saturated heterocycles. The number of carbonyl (C=O) groups excluding carboxylic acids is 1. The summed E-state index contributed by atoms with van der Waals surface area (Å²) in [6.45, 7) is 9.35. The second-order valence-corrected chi connectivity index (χ2v) is 6.24. The lowest BCUT2D eigenvalue weighted by Gasteiger charge is -2.38. The van der Waals surface area contributed by atoms with Crippen molar-refractivity contribution in [2.24, 2.45) is 0 Å². The highest BCUT2D eigenvalue weighted by molar-refractivity contribution is 5.74. The molecular weight excluding hydrogens is 292 g/mol. The third-order valence-corrected chi connectivity index (χ3v) is 4.55. The van der Waals surface area contributed by atoms with Crippen molar-refractivity contribution >= 4 is 6.03 Å². The van der Waals surface area contributed by atoms with Crippen LogP contribution in [0, 0.1) is 0 Å². The van der Waals surface area contributed by atoms with Gasteiger partial charge in [-0.15, -0.1) is 0 Å². The molecule has 0 saturated carbocycles. The van der Waals surface area contributed by atoms with Crippen LogP contribution >= 0.6 is 0 Å². The summed E-state index contributed by atoms with van der Waals surface area (Å²) in [6, 6.07) is 6.29. The van der Waals surface area contributed by atoms with Crippen molar-refractivity contribution in [2.75, 3.05) is 33.4 Å². The Morgan fingerprint density at radius 3 is 2.96 bits per heavy atom. The summed E-state index contributed by atoms with van der Waals surface area (Å²) in [6.07, 6.45) is 1.75. The highest BCUT2D eigenvalue weighted by Crippen LogP contribution is 2.16. The van der Waals surface area contributed by atoms with Gasteiger partial charge in [0.15, 0.2) is 0 Å². The molecule has 6 heteroatoms. The van der Waals surface area contributed by atoms with Gasteiger partial charge in [-0.3, -0.25) is 9.88 Å². The van der Waals surface area contributed by atoms with E-state index < -0.39 is 0 Å². The van der Waals surface area contributed by atoms with E-state index in [2.05, 4.69) is 29.0 Å². The smallest absolute Gasteiger partial charge is 0.317 e. The van der Waals surface area contributed by atoms with E-state index in [-0.39, 0.29) is 18.1 Å². The first-order valence-corrected chi connectivity index (χ1v) is 8.25. The van der Waals surface area contributed by atoms with Crippen molar-refractivity contribution in [3.05, 3.63) is 30.1 Å². The number of urea groups is 1. The number of pyridine rings is 1. The highest BCUT2D eigenvalue weighted by atomic mass is 16.5. The second-order valence-electron chi connectivity index (χ2n) is 6.24. The van der Waals surface area contributed by atoms with E-state index in [1.54, 1.807) is 18.1 Å². The van der Waals surface area contributed by atoms with Gasteiger partial charge in [0.1, 0.15) is 0 Å². The molecule has 23 heavy (non-hydrogen) atoms. The Morgan fingerprint density at radius 1 is 1.52 bits per heavy atom. The van der Waals surface area contributed by atoms with Crippen LogP contribution in [0.4, 0.5) is 4.79 Å². The Kier molecular flexibility index (Phi) is 6.36. The molecule has 1 aromatic rings. The molecule has 2 heterocycles. The van der Waals surface area contributed by atoms with E-state index in [9.17, 15) is 4.79 Å².